The van der Waals surface area contributed by atoms with E-state index >= 15 is 0 Å². The number of hydrogen-bond acceptors (Lipinski definition) is 3. The maximum atomic E-state index is 12.0. The molecule has 1 unspecified atom stereocenters. The summed E-state index contributed by atoms with van der Waals surface area (Å²) in [4.78, 5) is 24.1. The molecule has 0 bridgehead atoms. The van der Waals surface area contributed by atoms with Crippen molar-refractivity contribution in [3.8, 4) is 0 Å². The molecule has 18 heavy (non-hydrogen) atoms. The van der Waals surface area contributed by atoms with Crippen LogP contribution in [-0.4, -0.2) is 44.8 Å². The lowest BCUT2D eigenvalue weighted by Gasteiger charge is -2.21. The average molecular weight is 253 g/mol. The van der Waals surface area contributed by atoms with Crippen LogP contribution in [0.2, 0.25) is 0 Å². The van der Waals surface area contributed by atoms with E-state index < -0.39 is 12.0 Å². The Morgan fingerprint density at radius 3 is 2.39 bits per heavy atom. The molecule has 1 amide bonds. The lowest BCUT2D eigenvalue weighted by atomic mass is 10.1. The molecule has 6 nitrogen and oxygen atoms in total. The third-order valence-corrected chi connectivity index (χ3v) is 2.78. The van der Waals surface area contributed by atoms with E-state index in [1.165, 1.54) is 25.1 Å². The molecule has 100 valence electrons. The Bertz CT molecular complexity index is 459. The third kappa shape index (κ3) is 2.88. The van der Waals surface area contributed by atoms with Gasteiger partial charge < -0.3 is 10.0 Å². The Morgan fingerprint density at radius 2 is 2.00 bits per heavy atom. The fourth-order valence-corrected chi connectivity index (χ4v) is 1.35. The highest BCUT2D eigenvalue weighted by Crippen LogP contribution is 2.14. The number of carbonyl (C=O) groups excluding carboxylic acids is 1. The van der Waals surface area contributed by atoms with Crippen LogP contribution in [0.25, 0.3) is 0 Å². The van der Waals surface area contributed by atoms with Gasteiger partial charge in [-0.05, 0) is 27.7 Å². The second-order valence-electron chi connectivity index (χ2n) is 5.27. The Labute approximate surface area is 106 Å². The number of hydrogen-bond donors (Lipinski definition) is 1. The zero-order valence-corrected chi connectivity index (χ0v) is 11.3. The molecule has 1 atom stereocenters. The molecule has 6 heteroatoms. The Balaban J connectivity index is 2.92. The number of amides is 1. The molecular formula is C12H19N3O3. The van der Waals surface area contributed by atoms with Gasteiger partial charge in [0.05, 0.1) is 17.3 Å². The number of carbonyl (C=O) groups is 2. The van der Waals surface area contributed by atoms with Crippen LogP contribution in [0.4, 0.5) is 0 Å². The molecule has 0 radical (unpaired) electrons. The van der Waals surface area contributed by atoms with E-state index in [1.807, 2.05) is 20.8 Å². The van der Waals surface area contributed by atoms with Crippen LogP contribution in [0.15, 0.2) is 12.4 Å². The number of aliphatic carboxylic acids is 1. The van der Waals surface area contributed by atoms with E-state index in [1.54, 1.807) is 10.9 Å². The molecule has 0 saturated heterocycles. The first-order valence-electron chi connectivity index (χ1n) is 5.69. The number of carboxylic acids is 1. The summed E-state index contributed by atoms with van der Waals surface area (Å²) in [6, 6.07) is -0.865. The SMILES string of the molecule is CC(C(=O)O)N(C)C(=O)c1cnn(C(C)(C)C)c1. The van der Waals surface area contributed by atoms with Crippen molar-refractivity contribution in [2.75, 3.05) is 7.05 Å². The highest BCUT2D eigenvalue weighted by atomic mass is 16.4. The van der Waals surface area contributed by atoms with Crippen molar-refractivity contribution in [2.24, 2.45) is 0 Å². The minimum Gasteiger partial charge on any atom is -0.480 e. The van der Waals surface area contributed by atoms with Crippen molar-refractivity contribution in [2.45, 2.75) is 39.3 Å². The topological polar surface area (TPSA) is 75.4 Å². The van der Waals surface area contributed by atoms with Crippen LogP contribution in [0.5, 0.6) is 0 Å². The number of aromatic nitrogens is 2. The monoisotopic (exact) mass is 253 g/mol. The number of nitrogens with zero attached hydrogens (tertiary/aromatic N) is 3. The Hall–Kier alpha value is -1.85. The van der Waals surface area contributed by atoms with Gasteiger partial charge in [0.1, 0.15) is 6.04 Å². The van der Waals surface area contributed by atoms with Gasteiger partial charge in [-0.3, -0.25) is 9.48 Å². The molecule has 1 aromatic heterocycles. The van der Waals surface area contributed by atoms with Crippen LogP contribution in [-0.2, 0) is 10.3 Å². The molecule has 1 N–H and O–H groups in total. The van der Waals surface area contributed by atoms with Gasteiger partial charge in [0, 0.05) is 13.2 Å². The van der Waals surface area contributed by atoms with Crippen molar-refractivity contribution in [1.29, 1.82) is 0 Å². The second kappa shape index (κ2) is 4.80. The average Bonchev–Trinajstić information content (AvgIpc) is 2.74. The van der Waals surface area contributed by atoms with Crippen LogP contribution in [0, 0.1) is 0 Å². The number of rotatable bonds is 3. The van der Waals surface area contributed by atoms with Crippen LogP contribution in [0.3, 0.4) is 0 Å². The fourth-order valence-electron chi connectivity index (χ4n) is 1.35. The predicted octanol–water partition coefficient (Wildman–Crippen LogP) is 1.18. The van der Waals surface area contributed by atoms with Crippen molar-refractivity contribution in [1.82, 2.24) is 14.7 Å². The van der Waals surface area contributed by atoms with E-state index in [0.717, 1.165) is 0 Å². The van der Waals surface area contributed by atoms with Gasteiger partial charge in [-0.15, -0.1) is 0 Å². The summed E-state index contributed by atoms with van der Waals surface area (Å²) in [5, 5.41) is 13.0. The second-order valence-corrected chi connectivity index (χ2v) is 5.27. The van der Waals surface area contributed by atoms with Crippen LogP contribution in [0.1, 0.15) is 38.1 Å². The smallest absolute Gasteiger partial charge is 0.326 e. The lowest BCUT2D eigenvalue weighted by Crippen LogP contribution is -2.40. The van der Waals surface area contributed by atoms with Crippen molar-refractivity contribution in [3.05, 3.63) is 18.0 Å². The van der Waals surface area contributed by atoms with Gasteiger partial charge in [-0.25, -0.2) is 4.79 Å². The first-order valence-corrected chi connectivity index (χ1v) is 5.69. The van der Waals surface area contributed by atoms with E-state index in [9.17, 15) is 9.59 Å². The predicted molar refractivity (Wildman–Crippen MR) is 66.4 cm³/mol. The van der Waals surface area contributed by atoms with Gasteiger partial charge in [-0.2, -0.15) is 5.10 Å². The summed E-state index contributed by atoms with van der Waals surface area (Å²) < 4.78 is 1.68. The summed E-state index contributed by atoms with van der Waals surface area (Å²) in [5.41, 5.74) is 0.177. The molecule has 0 spiro atoms. The molecular weight excluding hydrogens is 234 g/mol. The molecule has 0 saturated carbocycles. The van der Waals surface area contributed by atoms with Crippen LogP contribution < -0.4 is 0 Å². The highest BCUT2D eigenvalue weighted by molar-refractivity contribution is 5.95. The molecule has 1 heterocycles. The van der Waals surface area contributed by atoms with Crippen molar-refractivity contribution < 1.29 is 14.7 Å². The van der Waals surface area contributed by atoms with E-state index in [0.29, 0.717) is 5.56 Å². The number of carboxylic acid groups (broad SMARTS) is 1. The van der Waals surface area contributed by atoms with Gasteiger partial charge in [0.2, 0.25) is 0 Å². The lowest BCUT2D eigenvalue weighted by molar-refractivity contribution is -0.141. The minimum absolute atomic E-state index is 0.213. The fraction of sp³-hybridized carbons (Fsp3) is 0.583. The van der Waals surface area contributed by atoms with Crippen LogP contribution >= 0.6 is 0 Å². The van der Waals surface area contributed by atoms with E-state index in [4.69, 9.17) is 5.11 Å². The Kier molecular flexibility index (Phi) is 3.79. The summed E-state index contributed by atoms with van der Waals surface area (Å²) >= 11 is 0. The first kappa shape index (κ1) is 14.2. The van der Waals surface area contributed by atoms with E-state index in [-0.39, 0.29) is 11.4 Å². The highest BCUT2D eigenvalue weighted by Gasteiger charge is 2.24. The van der Waals surface area contributed by atoms with Gasteiger partial charge in [0.15, 0.2) is 0 Å². The molecule has 0 fully saturated rings. The summed E-state index contributed by atoms with van der Waals surface area (Å²) in [5.74, 6) is -1.38. The summed E-state index contributed by atoms with van der Waals surface area (Å²) in [7, 11) is 1.47. The molecule has 1 aromatic rings. The maximum Gasteiger partial charge on any atom is 0.326 e. The largest absolute Gasteiger partial charge is 0.480 e. The molecule has 1 rings (SSSR count). The van der Waals surface area contributed by atoms with Crippen molar-refractivity contribution >= 4 is 11.9 Å². The molecule has 0 aliphatic carbocycles. The Morgan fingerprint density at radius 1 is 1.44 bits per heavy atom. The van der Waals surface area contributed by atoms with Gasteiger partial charge in [-0.1, -0.05) is 0 Å². The molecule has 0 aliphatic heterocycles. The quantitative estimate of drug-likeness (QED) is 0.877. The number of likely N-dealkylation sites (N-methyl/N-ethyl adjacent to an activating group) is 1. The normalized spacial score (nSPS) is 13.2. The molecule has 0 aromatic carbocycles. The van der Waals surface area contributed by atoms with Crippen molar-refractivity contribution in [3.63, 3.8) is 0 Å². The summed E-state index contributed by atoms with van der Waals surface area (Å²) in [6.45, 7) is 7.38. The molecule has 0 aliphatic rings. The zero-order valence-electron chi connectivity index (χ0n) is 11.3. The maximum absolute atomic E-state index is 12.0. The van der Waals surface area contributed by atoms with E-state index in [2.05, 4.69) is 5.10 Å². The van der Waals surface area contributed by atoms with Gasteiger partial charge in [0.25, 0.3) is 5.91 Å². The summed E-state index contributed by atoms with van der Waals surface area (Å²) in [6.07, 6.45) is 3.09. The minimum atomic E-state index is -1.03. The van der Waals surface area contributed by atoms with Gasteiger partial charge >= 0.3 is 5.97 Å². The zero-order chi connectivity index (χ0) is 14.1. The first-order chi connectivity index (χ1) is 8.14. The third-order valence-electron chi connectivity index (χ3n) is 2.78. The standard InChI is InChI=1S/C12H19N3O3/c1-8(11(17)18)14(5)10(16)9-6-13-15(7-9)12(2,3)4/h6-8H,1-5H3,(H,17,18).